The SMILES string of the molecule is CCN(CC)c1ccc2c(c1)Oc1cc(N(CC)CC)ccc1C2c1cccc(/C=C\c2ccc(S(=O)(=O)OS(=O)(=O)C(F)(F)F)cc2)c1C(=O)OC. The van der Waals surface area contributed by atoms with Gasteiger partial charge in [0, 0.05) is 66.7 Å². The van der Waals surface area contributed by atoms with Gasteiger partial charge in [0.15, 0.2) is 0 Å². The Labute approximate surface area is 307 Å². The third kappa shape index (κ3) is 8.06. The summed E-state index contributed by atoms with van der Waals surface area (Å²) in [5.74, 6) is 0.272. The van der Waals surface area contributed by atoms with Crippen LogP contribution in [0.1, 0.15) is 71.8 Å². The molecule has 0 saturated heterocycles. The molecule has 1 heterocycles. The molecule has 53 heavy (non-hydrogen) atoms. The Balaban J connectivity index is 1.60. The summed E-state index contributed by atoms with van der Waals surface area (Å²) in [4.78, 5) is 17.2. The van der Waals surface area contributed by atoms with Gasteiger partial charge in [-0.1, -0.05) is 54.6 Å². The molecule has 0 amide bonds. The molecule has 0 bridgehead atoms. The normalized spacial score (nSPS) is 13.3. The van der Waals surface area contributed by atoms with Gasteiger partial charge in [0.05, 0.1) is 17.6 Å². The molecule has 0 radical (unpaired) electrons. The number of rotatable bonds is 13. The molecule has 4 aromatic rings. The average Bonchev–Trinajstić information content (AvgIpc) is 3.12. The van der Waals surface area contributed by atoms with Crippen LogP contribution in [0.2, 0.25) is 0 Å². The van der Waals surface area contributed by atoms with Gasteiger partial charge in [-0.15, -0.1) is 3.63 Å². The molecule has 1 aliphatic rings. The first kappa shape index (κ1) is 39.3. The zero-order valence-corrected chi connectivity index (χ0v) is 31.3. The molecule has 282 valence electrons. The molecule has 0 aromatic heterocycles. The van der Waals surface area contributed by atoms with Crippen molar-refractivity contribution in [1.29, 1.82) is 0 Å². The van der Waals surface area contributed by atoms with E-state index in [9.17, 15) is 34.8 Å². The van der Waals surface area contributed by atoms with E-state index in [1.807, 2.05) is 42.5 Å². The maximum absolute atomic E-state index is 13.6. The maximum atomic E-state index is 13.6. The number of benzene rings is 4. The molecule has 0 N–H and O–H groups in total. The summed E-state index contributed by atoms with van der Waals surface area (Å²) in [5.41, 5.74) is -0.449. The number of carbonyl (C=O) groups excluding carboxylic acids is 1. The van der Waals surface area contributed by atoms with Crippen molar-refractivity contribution >= 4 is 49.7 Å². The van der Waals surface area contributed by atoms with E-state index in [0.717, 1.165) is 60.8 Å². The molecule has 0 aliphatic carbocycles. The van der Waals surface area contributed by atoms with E-state index in [4.69, 9.17) is 9.47 Å². The Bertz CT molecular complexity index is 2170. The number of carbonyl (C=O) groups is 1. The molecular weight excluding hydrogens is 734 g/mol. The number of methoxy groups -OCH3 is 1. The summed E-state index contributed by atoms with van der Waals surface area (Å²) >= 11 is 0. The lowest BCUT2D eigenvalue weighted by Crippen LogP contribution is -2.28. The number of anilines is 2. The quantitative estimate of drug-likeness (QED) is 0.0659. The molecule has 5 rings (SSSR count). The second-order valence-electron chi connectivity index (χ2n) is 12.0. The second-order valence-corrected chi connectivity index (χ2v) is 15.2. The van der Waals surface area contributed by atoms with E-state index in [2.05, 4.69) is 41.1 Å². The Morgan fingerprint density at radius 1 is 0.755 bits per heavy atom. The van der Waals surface area contributed by atoms with Crippen molar-refractivity contribution in [2.24, 2.45) is 0 Å². The smallest absolute Gasteiger partial charge is 0.465 e. The molecule has 1 aliphatic heterocycles. The number of halogens is 3. The fourth-order valence-corrected chi connectivity index (χ4v) is 8.36. The monoisotopic (exact) mass is 772 g/mol. The third-order valence-electron chi connectivity index (χ3n) is 9.01. The summed E-state index contributed by atoms with van der Waals surface area (Å²) in [5, 5.41) is 0. The van der Waals surface area contributed by atoms with Crippen LogP contribution < -0.4 is 14.5 Å². The van der Waals surface area contributed by atoms with Crippen molar-refractivity contribution in [2.45, 2.75) is 44.0 Å². The van der Waals surface area contributed by atoms with E-state index < -0.39 is 42.5 Å². The van der Waals surface area contributed by atoms with Crippen LogP contribution in [0.3, 0.4) is 0 Å². The lowest BCUT2D eigenvalue weighted by atomic mass is 9.79. The predicted octanol–water partition coefficient (Wildman–Crippen LogP) is 8.18. The number of nitrogens with zero attached hydrogens (tertiary/aromatic N) is 2. The highest BCUT2D eigenvalue weighted by Crippen LogP contribution is 2.50. The highest BCUT2D eigenvalue weighted by molar-refractivity contribution is 8.00. The summed E-state index contributed by atoms with van der Waals surface area (Å²) in [6.07, 6.45) is 3.19. The van der Waals surface area contributed by atoms with Crippen LogP contribution in [0, 0.1) is 0 Å². The third-order valence-corrected chi connectivity index (χ3v) is 11.9. The summed E-state index contributed by atoms with van der Waals surface area (Å²) in [7, 11) is -10.4. The molecule has 0 fully saturated rings. The highest BCUT2D eigenvalue weighted by atomic mass is 32.3. The van der Waals surface area contributed by atoms with Crippen LogP contribution in [0.15, 0.2) is 83.8 Å². The van der Waals surface area contributed by atoms with Crippen LogP contribution in [-0.2, 0) is 28.6 Å². The molecule has 10 nitrogen and oxygen atoms in total. The maximum Gasteiger partial charge on any atom is 0.524 e. The fourth-order valence-electron chi connectivity index (χ4n) is 6.33. The fraction of sp³-hybridized carbons (Fsp3) is 0.289. The van der Waals surface area contributed by atoms with Crippen LogP contribution in [0.5, 0.6) is 11.5 Å². The van der Waals surface area contributed by atoms with E-state index in [-0.39, 0.29) is 5.56 Å². The Morgan fingerprint density at radius 3 is 1.75 bits per heavy atom. The van der Waals surface area contributed by atoms with Gasteiger partial charge in [0.1, 0.15) is 11.5 Å². The summed E-state index contributed by atoms with van der Waals surface area (Å²) in [6.45, 7) is 11.5. The van der Waals surface area contributed by atoms with Crippen molar-refractivity contribution in [1.82, 2.24) is 0 Å². The van der Waals surface area contributed by atoms with Gasteiger partial charge in [-0.25, -0.2) is 4.79 Å². The molecule has 0 atom stereocenters. The van der Waals surface area contributed by atoms with Crippen LogP contribution >= 0.6 is 0 Å². The number of hydrogen-bond donors (Lipinski definition) is 0. The number of alkyl halides is 3. The first-order valence-electron chi connectivity index (χ1n) is 16.8. The zero-order chi connectivity index (χ0) is 38.7. The van der Waals surface area contributed by atoms with Gasteiger partial charge >= 0.3 is 31.7 Å². The first-order valence-corrected chi connectivity index (χ1v) is 19.6. The number of hydrogen-bond acceptors (Lipinski definition) is 10. The molecule has 0 unspecified atom stereocenters. The topological polar surface area (TPSA) is 120 Å². The van der Waals surface area contributed by atoms with Gasteiger partial charge in [0.2, 0.25) is 0 Å². The summed E-state index contributed by atoms with van der Waals surface area (Å²) in [6, 6.07) is 21.8. The molecular formula is C38H39F3N2O8S2. The largest absolute Gasteiger partial charge is 0.524 e. The highest BCUT2D eigenvalue weighted by Gasteiger charge is 2.50. The molecule has 0 spiro atoms. The van der Waals surface area contributed by atoms with Crippen molar-refractivity contribution in [2.75, 3.05) is 43.1 Å². The van der Waals surface area contributed by atoms with Gasteiger partial charge < -0.3 is 19.3 Å². The lowest BCUT2D eigenvalue weighted by molar-refractivity contribution is -0.0498. The van der Waals surface area contributed by atoms with Crippen LogP contribution in [-0.4, -0.2) is 61.6 Å². The van der Waals surface area contributed by atoms with Crippen molar-refractivity contribution in [3.63, 3.8) is 0 Å². The number of fused-ring (bicyclic) bond motifs is 2. The molecule has 4 aromatic carbocycles. The van der Waals surface area contributed by atoms with E-state index in [0.29, 0.717) is 28.2 Å². The van der Waals surface area contributed by atoms with Gasteiger partial charge in [-0.3, -0.25) is 0 Å². The molecule has 0 saturated carbocycles. The van der Waals surface area contributed by atoms with Crippen LogP contribution in [0.4, 0.5) is 24.5 Å². The standard InChI is InChI=1S/C38H39F3N2O8S2/c1-6-42(7-2)27-17-21-30-33(23-27)50-34-24-28(43(8-3)9-4)18-22-31(34)36(30)32-12-10-11-26(35(32)37(44)49-5)16-13-25-14-19-29(20-15-25)52(45,46)51-53(47,48)38(39,40)41/h10-24,36H,6-9H2,1-5H3/b16-13-. The van der Waals surface area contributed by atoms with Crippen molar-refractivity contribution in [3.8, 4) is 11.5 Å². The lowest BCUT2D eigenvalue weighted by Gasteiger charge is -2.32. The molecule has 15 heteroatoms. The van der Waals surface area contributed by atoms with E-state index >= 15 is 0 Å². The minimum atomic E-state index is -6.40. The predicted molar refractivity (Wildman–Crippen MR) is 197 cm³/mol. The first-order chi connectivity index (χ1) is 25.1. The minimum absolute atomic E-state index is 0.278. The minimum Gasteiger partial charge on any atom is -0.465 e. The Kier molecular flexibility index (Phi) is 11.6. The van der Waals surface area contributed by atoms with Gasteiger partial charge in [0.25, 0.3) is 0 Å². The van der Waals surface area contributed by atoms with E-state index in [1.165, 1.54) is 19.2 Å². The van der Waals surface area contributed by atoms with Crippen molar-refractivity contribution in [3.05, 3.63) is 112 Å². The average molecular weight is 773 g/mol. The summed E-state index contributed by atoms with van der Waals surface area (Å²) < 4.78 is 101. The number of ether oxygens (including phenoxy) is 2. The Morgan fingerprint density at radius 2 is 1.28 bits per heavy atom. The van der Waals surface area contributed by atoms with Gasteiger partial charge in [-0.05, 0) is 68.7 Å². The Hall–Kier alpha value is -4.86. The van der Waals surface area contributed by atoms with E-state index in [1.54, 1.807) is 24.3 Å². The van der Waals surface area contributed by atoms with Crippen molar-refractivity contribution < 1.29 is 47.9 Å². The second kappa shape index (κ2) is 15.6. The van der Waals surface area contributed by atoms with Crippen LogP contribution in [0.25, 0.3) is 12.2 Å². The number of esters is 1. The zero-order valence-electron chi connectivity index (χ0n) is 29.7. The van der Waals surface area contributed by atoms with Gasteiger partial charge in [-0.2, -0.15) is 30.0 Å².